The summed E-state index contributed by atoms with van der Waals surface area (Å²) in [7, 11) is 0. The molecule has 0 aliphatic carbocycles. The van der Waals surface area contributed by atoms with E-state index in [4.69, 9.17) is 10.5 Å². The van der Waals surface area contributed by atoms with Gasteiger partial charge < -0.3 is 20.9 Å². The van der Waals surface area contributed by atoms with Crippen LogP contribution in [0.15, 0.2) is 70.9 Å². The lowest BCUT2D eigenvalue weighted by atomic mass is 9.91. The van der Waals surface area contributed by atoms with Crippen LogP contribution in [-0.2, 0) is 16.1 Å². The second-order valence-corrected chi connectivity index (χ2v) is 11.7. The average Bonchev–Trinajstić information content (AvgIpc) is 2.88. The Morgan fingerprint density at radius 1 is 0.902 bits per heavy atom. The number of nitrogens with one attached hydrogen (secondary N) is 1. The Hall–Kier alpha value is -4.40. The van der Waals surface area contributed by atoms with Gasteiger partial charge in [-0.15, -0.1) is 0 Å². The van der Waals surface area contributed by atoms with Crippen molar-refractivity contribution in [3.05, 3.63) is 77.4 Å². The number of nitrogens with two attached hydrogens (primary N) is 1. The van der Waals surface area contributed by atoms with Crippen LogP contribution in [0, 0.1) is 0 Å². The third kappa shape index (κ3) is 9.34. The van der Waals surface area contributed by atoms with Gasteiger partial charge in [0.05, 0.1) is 11.4 Å². The number of rotatable bonds is 9. The van der Waals surface area contributed by atoms with Crippen LogP contribution >= 0.6 is 0 Å². The minimum absolute atomic E-state index is 0.0831. The first-order chi connectivity index (χ1) is 19.2. The van der Waals surface area contributed by atoms with Gasteiger partial charge in [0.25, 0.3) is 0 Å². The summed E-state index contributed by atoms with van der Waals surface area (Å²) in [4.78, 5) is 27.6. The molecule has 0 aliphatic rings. The zero-order valence-corrected chi connectivity index (χ0v) is 24.9. The van der Waals surface area contributed by atoms with Gasteiger partial charge in [0.1, 0.15) is 17.9 Å². The van der Waals surface area contributed by atoms with E-state index in [-0.39, 0.29) is 36.6 Å². The van der Waals surface area contributed by atoms with E-state index in [2.05, 4.69) is 15.5 Å². The number of hydrogen-bond acceptors (Lipinski definition) is 7. The predicted molar refractivity (Wildman–Crippen MR) is 163 cm³/mol. The highest BCUT2D eigenvalue weighted by Crippen LogP contribution is 2.35. The average molecular weight is 560 g/mol. The van der Waals surface area contributed by atoms with Crippen LogP contribution in [0.1, 0.15) is 77.0 Å². The molecule has 0 fully saturated rings. The summed E-state index contributed by atoms with van der Waals surface area (Å²) in [6, 6.07) is 17.7. The Balaban J connectivity index is 1.76. The van der Waals surface area contributed by atoms with Crippen molar-refractivity contribution >= 4 is 34.7 Å². The Morgan fingerprint density at radius 3 is 1.85 bits per heavy atom. The maximum Gasteiger partial charge on any atom is 0.411 e. The molecular weight excluding hydrogens is 518 g/mol. The fraction of sp³-hybridized carbons (Fsp3) is 0.375. The summed E-state index contributed by atoms with van der Waals surface area (Å²) in [5.74, 6) is 0.0651. The molecule has 2 amide bonds. The lowest BCUT2D eigenvalue weighted by molar-refractivity contribution is -0.117. The van der Waals surface area contributed by atoms with Crippen molar-refractivity contribution in [2.24, 2.45) is 10.2 Å². The number of amides is 2. The van der Waals surface area contributed by atoms with Gasteiger partial charge in [-0.1, -0.05) is 39.8 Å². The molecule has 0 aliphatic heterocycles. The number of aromatic hydroxyl groups is 1. The van der Waals surface area contributed by atoms with Gasteiger partial charge in [-0.05, 0) is 97.8 Å². The van der Waals surface area contributed by atoms with Gasteiger partial charge in [0, 0.05) is 17.9 Å². The molecule has 9 heteroatoms. The summed E-state index contributed by atoms with van der Waals surface area (Å²) >= 11 is 0. The molecule has 4 N–H and O–H groups in total. The molecular formula is C32H41N5O4. The molecule has 0 saturated carbocycles. The number of nitrogens with zero attached hydrogens (tertiary/aromatic N) is 3. The Bertz CT molecular complexity index is 1350. The van der Waals surface area contributed by atoms with Crippen LogP contribution < -0.4 is 11.1 Å². The monoisotopic (exact) mass is 559 g/mol. The molecule has 3 aromatic carbocycles. The van der Waals surface area contributed by atoms with Crippen molar-refractivity contribution in [3.8, 4) is 5.75 Å². The largest absolute Gasteiger partial charge is 0.507 e. The second kappa shape index (κ2) is 13.3. The first-order valence-electron chi connectivity index (χ1n) is 13.7. The standard InChI is InChI=1S/C32H41N5O4/c1-20(2)27-16-22(17-28(21(3)4)30(27)39)18-37(31(40)41-32(5,6)7)19-29(38)34-24-12-14-26(15-13-24)36-35-25-10-8-23(33)9-11-25/h8-17,20-21,39H,18-19,33H2,1-7H3,(H,34,38). The SMILES string of the molecule is CC(C)c1cc(CN(CC(=O)Nc2ccc(N=Nc3ccc(N)cc3)cc2)C(=O)OC(C)(C)C)cc(C(C)C)c1O. The fourth-order valence-corrected chi connectivity index (χ4v) is 4.09. The van der Waals surface area contributed by atoms with E-state index in [1.807, 2.05) is 39.8 Å². The lowest BCUT2D eigenvalue weighted by Crippen LogP contribution is -2.41. The van der Waals surface area contributed by atoms with Gasteiger partial charge in [0.15, 0.2) is 0 Å². The van der Waals surface area contributed by atoms with Crippen molar-refractivity contribution < 1.29 is 19.4 Å². The van der Waals surface area contributed by atoms with Crippen LogP contribution in [0.25, 0.3) is 0 Å². The van der Waals surface area contributed by atoms with Gasteiger partial charge in [0.2, 0.25) is 5.91 Å². The van der Waals surface area contributed by atoms with E-state index in [0.29, 0.717) is 22.7 Å². The molecule has 0 saturated heterocycles. The smallest absolute Gasteiger partial charge is 0.411 e. The Labute approximate surface area is 242 Å². The third-order valence-electron chi connectivity index (χ3n) is 6.16. The number of phenolic OH excluding ortho intramolecular Hbond substituents is 1. The molecule has 9 nitrogen and oxygen atoms in total. The van der Waals surface area contributed by atoms with Crippen LogP contribution in [-0.4, -0.2) is 34.2 Å². The summed E-state index contributed by atoms with van der Waals surface area (Å²) in [6.45, 7) is 13.3. The minimum Gasteiger partial charge on any atom is -0.507 e. The predicted octanol–water partition coefficient (Wildman–Crippen LogP) is 8.01. The first kappa shape index (κ1) is 31.1. The minimum atomic E-state index is -0.732. The number of nitrogen functional groups attached to an aromatic ring is 1. The van der Waals surface area contributed by atoms with Crippen molar-refractivity contribution in [1.82, 2.24) is 4.90 Å². The molecule has 0 atom stereocenters. The molecule has 41 heavy (non-hydrogen) atoms. The quantitative estimate of drug-likeness (QED) is 0.181. The van der Waals surface area contributed by atoms with Gasteiger partial charge in [-0.25, -0.2) is 4.79 Å². The molecule has 3 rings (SSSR count). The number of ether oxygens (including phenoxy) is 1. The fourth-order valence-electron chi connectivity index (χ4n) is 4.09. The number of carbonyl (C=O) groups is 2. The molecule has 3 aromatic rings. The number of azo groups is 1. The molecule has 0 radical (unpaired) electrons. The molecule has 218 valence electrons. The molecule has 0 aromatic heterocycles. The maximum absolute atomic E-state index is 13.2. The normalized spacial score (nSPS) is 11.7. The maximum atomic E-state index is 13.2. The van der Waals surface area contributed by atoms with Gasteiger partial charge >= 0.3 is 6.09 Å². The lowest BCUT2D eigenvalue weighted by Gasteiger charge is -2.28. The van der Waals surface area contributed by atoms with E-state index in [0.717, 1.165) is 16.7 Å². The number of benzene rings is 3. The first-order valence-corrected chi connectivity index (χ1v) is 13.7. The highest BCUT2D eigenvalue weighted by molar-refractivity contribution is 5.94. The Kier molecular flexibility index (Phi) is 10.1. The van der Waals surface area contributed by atoms with Crippen molar-refractivity contribution in [2.75, 3.05) is 17.6 Å². The molecule has 0 heterocycles. The third-order valence-corrected chi connectivity index (χ3v) is 6.16. The second-order valence-electron chi connectivity index (χ2n) is 11.7. The van der Waals surface area contributed by atoms with Crippen molar-refractivity contribution in [1.29, 1.82) is 0 Å². The summed E-state index contributed by atoms with van der Waals surface area (Å²) in [5, 5.41) is 22.0. The molecule has 0 unspecified atom stereocenters. The summed E-state index contributed by atoms with van der Waals surface area (Å²) < 4.78 is 5.62. The Morgan fingerprint density at radius 2 is 1.39 bits per heavy atom. The van der Waals surface area contributed by atoms with Crippen molar-refractivity contribution in [3.63, 3.8) is 0 Å². The van der Waals surface area contributed by atoms with Gasteiger partial charge in [-0.3, -0.25) is 9.69 Å². The van der Waals surface area contributed by atoms with Crippen molar-refractivity contribution in [2.45, 2.75) is 72.4 Å². The molecule has 0 spiro atoms. The van der Waals surface area contributed by atoms with Crippen LogP contribution in [0.3, 0.4) is 0 Å². The van der Waals surface area contributed by atoms with E-state index in [1.165, 1.54) is 4.90 Å². The summed E-state index contributed by atoms with van der Waals surface area (Å²) in [5.41, 5.74) is 9.87. The van der Waals surface area contributed by atoms with E-state index >= 15 is 0 Å². The van der Waals surface area contributed by atoms with E-state index < -0.39 is 11.7 Å². The summed E-state index contributed by atoms with van der Waals surface area (Å²) in [6.07, 6.45) is -0.601. The number of carbonyl (C=O) groups excluding carboxylic acids is 2. The zero-order chi connectivity index (χ0) is 30.3. The topological polar surface area (TPSA) is 130 Å². The molecule has 0 bridgehead atoms. The number of anilines is 2. The highest BCUT2D eigenvalue weighted by Gasteiger charge is 2.25. The van der Waals surface area contributed by atoms with E-state index in [1.54, 1.807) is 69.3 Å². The van der Waals surface area contributed by atoms with Crippen LogP contribution in [0.4, 0.5) is 27.5 Å². The zero-order valence-electron chi connectivity index (χ0n) is 24.9. The van der Waals surface area contributed by atoms with Gasteiger partial charge in [-0.2, -0.15) is 10.2 Å². The van der Waals surface area contributed by atoms with Crippen LogP contribution in [0.5, 0.6) is 5.75 Å². The number of hydrogen-bond donors (Lipinski definition) is 3. The van der Waals surface area contributed by atoms with E-state index in [9.17, 15) is 14.7 Å². The van der Waals surface area contributed by atoms with Crippen LogP contribution in [0.2, 0.25) is 0 Å². The highest BCUT2D eigenvalue weighted by atomic mass is 16.6. The number of phenols is 1.